The lowest BCUT2D eigenvalue weighted by Gasteiger charge is -2.26. The molecule has 1 fully saturated rings. The van der Waals surface area contributed by atoms with E-state index >= 15 is 0 Å². The van der Waals surface area contributed by atoms with Gasteiger partial charge in [0.05, 0.1) is 36.6 Å². The number of carbonyl (C=O) groups is 1. The van der Waals surface area contributed by atoms with Gasteiger partial charge in [-0.25, -0.2) is 9.97 Å². The second-order valence-electron chi connectivity index (χ2n) is 10.0. The molecule has 0 saturated carbocycles. The summed E-state index contributed by atoms with van der Waals surface area (Å²) in [5.74, 6) is 0.0161. The van der Waals surface area contributed by atoms with Gasteiger partial charge in [0.15, 0.2) is 5.82 Å². The monoisotopic (exact) mass is 580 g/mol. The lowest BCUT2D eigenvalue weighted by Crippen LogP contribution is -2.38. The number of hydrogen-bond acceptors (Lipinski definition) is 8. The molecule has 0 bridgehead atoms. The van der Waals surface area contributed by atoms with Gasteiger partial charge in [0.2, 0.25) is 5.95 Å². The number of nitrogens with zero attached hydrogens (tertiary/aromatic N) is 5. The van der Waals surface area contributed by atoms with Crippen molar-refractivity contribution in [3.05, 3.63) is 77.1 Å². The van der Waals surface area contributed by atoms with Crippen LogP contribution in [0.1, 0.15) is 27.2 Å². The predicted octanol–water partition coefficient (Wildman–Crippen LogP) is 4.89. The van der Waals surface area contributed by atoms with Crippen LogP contribution in [0.5, 0.6) is 0 Å². The molecule has 0 radical (unpaired) electrons. The molecular weight excluding hydrogens is 549 g/mol. The van der Waals surface area contributed by atoms with Gasteiger partial charge >= 0.3 is 6.18 Å². The summed E-state index contributed by atoms with van der Waals surface area (Å²) in [5.41, 5.74) is 8.89. The van der Waals surface area contributed by atoms with E-state index < -0.39 is 17.6 Å². The highest BCUT2D eigenvalue weighted by Gasteiger charge is 2.31. The Morgan fingerprint density at radius 1 is 1.05 bits per heavy atom. The van der Waals surface area contributed by atoms with E-state index in [4.69, 9.17) is 15.6 Å². The number of benzene rings is 2. The van der Waals surface area contributed by atoms with Crippen molar-refractivity contribution < 1.29 is 22.7 Å². The second kappa shape index (κ2) is 12.2. The van der Waals surface area contributed by atoms with Gasteiger partial charge in [0.1, 0.15) is 0 Å². The lowest BCUT2D eigenvalue weighted by atomic mass is 10.1. The zero-order valence-electron chi connectivity index (χ0n) is 23.2. The number of aromatic nitrogens is 4. The predicted molar refractivity (Wildman–Crippen MR) is 154 cm³/mol. The van der Waals surface area contributed by atoms with E-state index in [0.717, 1.165) is 37.3 Å². The number of anilines is 4. The molecule has 4 N–H and O–H groups in total. The van der Waals surface area contributed by atoms with Gasteiger partial charge in [-0.1, -0.05) is 12.1 Å². The maximum absolute atomic E-state index is 13.1. The molecule has 0 atom stereocenters. The minimum atomic E-state index is -4.55. The maximum atomic E-state index is 13.1. The quantitative estimate of drug-likeness (QED) is 0.269. The Kier molecular flexibility index (Phi) is 8.41. The molecule has 0 spiro atoms. The van der Waals surface area contributed by atoms with Crippen LogP contribution in [0, 0.1) is 13.8 Å². The number of amides is 1. The first-order valence-electron chi connectivity index (χ1n) is 13.4. The third-order valence-electron chi connectivity index (χ3n) is 6.86. The Morgan fingerprint density at radius 2 is 1.83 bits per heavy atom. The van der Waals surface area contributed by atoms with Gasteiger partial charge in [-0.05, 0) is 55.8 Å². The van der Waals surface area contributed by atoms with Crippen LogP contribution in [0.3, 0.4) is 0 Å². The molecule has 1 aliphatic heterocycles. The number of alkyl halides is 3. The van der Waals surface area contributed by atoms with Crippen molar-refractivity contribution in [3.8, 4) is 11.3 Å². The molecule has 5 rings (SSSR count). The number of carbonyl (C=O) groups excluding carboxylic acids is 1. The van der Waals surface area contributed by atoms with Crippen molar-refractivity contribution in [2.24, 2.45) is 0 Å². The summed E-state index contributed by atoms with van der Waals surface area (Å²) in [5, 5.41) is 10.8. The fourth-order valence-electron chi connectivity index (χ4n) is 4.62. The SMILES string of the molecule is Cc1cc(-c2cn(CCN3CCOCC3)nc2Nc2cc(NC(=O)c3cccc(C(F)(F)F)c3)ccc2C)nc(N)n1. The average Bonchev–Trinajstić information content (AvgIpc) is 3.36. The van der Waals surface area contributed by atoms with Crippen molar-refractivity contribution in [1.29, 1.82) is 0 Å². The van der Waals surface area contributed by atoms with Crippen molar-refractivity contribution in [2.75, 3.05) is 49.2 Å². The molecule has 4 aromatic rings. The molecule has 3 heterocycles. The first kappa shape index (κ1) is 29.0. The Labute approximate surface area is 240 Å². The van der Waals surface area contributed by atoms with E-state index in [9.17, 15) is 18.0 Å². The summed E-state index contributed by atoms with van der Waals surface area (Å²) in [4.78, 5) is 23.7. The first-order valence-corrected chi connectivity index (χ1v) is 13.4. The average molecular weight is 581 g/mol. The number of halogens is 3. The highest BCUT2D eigenvalue weighted by Crippen LogP contribution is 2.32. The van der Waals surface area contributed by atoms with Gasteiger partial charge in [0, 0.05) is 48.5 Å². The fraction of sp³-hybridized carbons (Fsp3) is 0.310. The van der Waals surface area contributed by atoms with Gasteiger partial charge in [-0.2, -0.15) is 18.3 Å². The van der Waals surface area contributed by atoms with E-state index in [1.54, 1.807) is 18.2 Å². The molecule has 1 aliphatic rings. The van der Waals surface area contributed by atoms with Crippen LogP contribution in [0.15, 0.2) is 54.7 Å². The molecule has 2 aromatic carbocycles. The zero-order valence-corrected chi connectivity index (χ0v) is 23.2. The van der Waals surface area contributed by atoms with Crippen molar-refractivity contribution in [3.63, 3.8) is 0 Å². The van der Waals surface area contributed by atoms with Crippen molar-refractivity contribution >= 4 is 29.0 Å². The Morgan fingerprint density at radius 3 is 2.57 bits per heavy atom. The molecule has 1 saturated heterocycles. The standard InChI is InChI=1S/C29H31F3N8O2/c1-18-6-7-22(35-27(41)20-4-3-5-21(15-20)29(30,31)32)16-24(18)36-26-23(25-14-19(2)34-28(33)37-25)17-40(38-26)9-8-39-10-12-42-13-11-39/h3-7,14-17H,8-13H2,1-2H3,(H,35,41)(H,36,38)(H2,33,34,37). The summed E-state index contributed by atoms with van der Waals surface area (Å²) in [6.07, 6.45) is -2.65. The molecular formula is C29H31F3N8O2. The van der Waals surface area contributed by atoms with Gasteiger partial charge < -0.3 is 21.1 Å². The summed E-state index contributed by atoms with van der Waals surface area (Å²) >= 11 is 0. The normalized spacial score (nSPS) is 14.1. The second-order valence-corrected chi connectivity index (χ2v) is 10.0. The molecule has 0 unspecified atom stereocenters. The Hall–Kier alpha value is -4.49. The van der Waals surface area contributed by atoms with E-state index in [0.29, 0.717) is 53.9 Å². The van der Waals surface area contributed by atoms with E-state index in [2.05, 4.69) is 25.5 Å². The number of hydrogen-bond donors (Lipinski definition) is 3. The molecule has 10 nitrogen and oxygen atoms in total. The molecule has 2 aromatic heterocycles. The minimum Gasteiger partial charge on any atom is -0.379 e. The summed E-state index contributed by atoms with van der Waals surface area (Å²) in [6.45, 7) is 8.29. The van der Waals surface area contributed by atoms with E-state index in [1.807, 2.05) is 30.8 Å². The van der Waals surface area contributed by atoms with Gasteiger partial charge in [-0.3, -0.25) is 14.4 Å². The molecule has 220 valence electrons. The summed E-state index contributed by atoms with van der Waals surface area (Å²) in [7, 11) is 0. The first-order chi connectivity index (χ1) is 20.0. The highest BCUT2D eigenvalue weighted by molar-refractivity contribution is 6.04. The number of morpholine rings is 1. The lowest BCUT2D eigenvalue weighted by molar-refractivity contribution is -0.137. The van der Waals surface area contributed by atoms with Crippen LogP contribution in [0.2, 0.25) is 0 Å². The maximum Gasteiger partial charge on any atom is 0.416 e. The number of nitrogens with two attached hydrogens (primary N) is 1. The largest absolute Gasteiger partial charge is 0.416 e. The third-order valence-corrected chi connectivity index (χ3v) is 6.86. The van der Waals surface area contributed by atoms with Crippen LogP contribution >= 0.6 is 0 Å². The van der Waals surface area contributed by atoms with Crippen LogP contribution in [-0.2, 0) is 17.5 Å². The topological polar surface area (TPSA) is 123 Å². The number of aryl methyl sites for hydroxylation is 2. The molecule has 1 amide bonds. The third kappa shape index (κ3) is 7.04. The summed E-state index contributed by atoms with van der Waals surface area (Å²) < 4.78 is 46.7. The Bertz CT molecular complexity index is 1560. The molecule has 0 aliphatic carbocycles. The van der Waals surface area contributed by atoms with Gasteiger partial charge in [-0.15, -0.1) is 0 Å². The smallest absolute Gasteiger partial charge is 0.379 e. The minimum absolute atomic E-state index is 0.0991. The zero-order chi connectivity index (χ0) is 29.9. The number of nitrogen functional groups attached to an aromatic ring is 1. The van der Waals surface area contributed by atoms with Crippen LogP contribution in [-0.4, -0.2) is 63.4 Å². The van der Waals surface area contributed by atoms with Crippen LogP contribution in [0.25, 0.3) is 11.3 Å². The number of ether oxygens (including phenoxy) is 1. The van der Waals surface area contributed by atoms with Crippen LogP contribution < -0.4 is 16.4 Å². The number of rotatable bonds is 8. The molecule has 42 heavy (non-hydrogen) atoms. The van der Waals surface area contributed by atoms with Crippen LogP contribution in [0.4, 0.5) is 36.3 Å². The highest BCUT2D eigenvalue weighted by atomic mass is 19.4. The number of nitrogens with one attached hydrogen (secondary N) is 2. The van der Waals surface area contributed by atoms with E-state index in [-0.39, 0.29) is 11.5 Å². The fourth-order valence-corrected chi connectivity index (χ4v) is 4.62. The van der Waals surface area contributed by atoms with Crippen molar-refractivity contribution in [1.82, 2.24) is 24.6 Å². The van der Waals surface area contributed by atoms with Crippen molar-refractivity contribution in [2.45, 2.75) is 26.6 Å². The Balaban J connectivity index is 1.40. The summed E-state index contributed by atoms with van der Waals surface area (Å²) in [6, 6.07) is 11.3. The van der Waals surface area contributed by atoms with Gasteiger partial charge in [0.25, 0.3) is 5.91 Å². The molecule has 13 heteroatoms. The van der Waals surface area contributed by atoms with E-state index in [1.165, 1.54) is 12.1 Å².